The summed E-state index contributed by atoms with van der Waals surface area (Å²) in [7, 11) is 0. The van der Waals surface area contributed by atoms with Gasteiger partial charge in [0.05, 0.1) is 22.7 Å². The number of anilines is 6. The van der Waals surface area contributed by atoms with Crippen molar-refractivity contribution >= 4 is 34.1 Å². The molecule has 16 rings (SSSR count). The van der Waals surface area contributed by atoms with Crippen molar-refractivity contribution in [1.82, 2.24) is 15.0 Å². The summed E-state index contributed by atoms with van der Waals surface area (Å²) in [5, 5.41) is 0. The summed E-state index contributed by atoms with van der Waals surface area (Å²) < 4.78 is 0. The standard InChI is InChI=1S/C70H57N5/c1-69(2)58-25-9-12-28-62(58)75(63-29-13-10-26-59(63)69)57-34-31-48(32-35-57)67-71-66(47-17-5-3-6-18-47)72-68(73-67)53-22-16-21-51(43-53)49-19-15-20-50(42-49)52-33-36-65-61(44-52)70(54-38-45-37-46(40-54)41-55(70)39-45)60-27-11-14-30-64(60)74(65)56-23-7-4-8-24-56/h3-36,42-46,54-55H,37-41H2,1-2H3. The zero-order chi connectivity index (χ0) is 49.8. The molecule has 1 spiro atoms. The molecule has 0 radical (unpaired) electrons. The lowest BCUT2D eigenvalue weighted by Crippen LogP contribution is -2.57. The fraction of sp³-hybridized carbons (Fsp3) is 0.186. The first-order chi connectivity index (χ1) is 36.9. The van der Waals surface area contributed by atoms with Gasteiger partial charge in [0.15, 0.2) is 17.5 Å². The molecule has 0 amide bonds. The van der Waals surface area contributed by atoms with Crippen LogP contribution in [0.15, 0.2) is 224 Å². The summed E-state index contributed by atoms with van der Waals surface area (Å²) in [4.78, 5) is 20.5. The van der Waals surface area contributed by atoms with E-state index in [1.54, 1.807) is 0 Å². The second-order valence-electron chi connectivity index (χ2n) is 22.5. The lowest BCUT2D eigenvalue weighted by molar-refractivity contribution is -0.0419. The van der Waals surface area contributed by atoms with E-state index in [1.807, 2.05) is 18.2 Å². The molecule has 10 aromatic rings. The van der Waals surface area contributed by atoms with Gasteiger partial charge in [-0.3, -0.25) is 0 Å². The Labute approximate surface area is 440 Å². The molecule has 9 aromatic carbocycles. The van der Waals surface area contributed by atoms with Gasteiger partial charge in [0.1, 0.15) is 0 Å². The van der Waals surface area contributed by atoms with Gasteiger partial charge in [-0.15, -0.1) is 0 Å². The van der Waals surface area contributed by atoms with Crippen LogP contribution in [0.4, 0.5) is 34.1 Å². The van der Waals surface area contributed by atoms with Crippen molar-refractivity contribution in [2.75, 3.05) is 9.80 Å². The lowest BCUT2D eigenvalue weighted by Gasteiger charge is -2.64. The van der Waals surface area contributed by atoms with Crippen LogP contribution in [0.25, 0.3) is 56.4 Å². The van der Waals surface area contributed by atoms with Gasteiger partial charge >= 0.3 is 0 Å². The maximum atomic E-state index is 5.25. The Bertz CT molecular complexity index is 3760. The third-order valence-electron chi connectivity index (χ3n) is 18.1. The fourth-order valence-electron chi connectivity index (χ4n) is 15.0. The monoisotopic (exact) mass is 967 g/mol. The van der Waals surface area contributed by atoms with Gasteiger partial charge in [0.25, 0.3) is 0 Å². The highest BCUT2D eigenvalue weighted by Crippen LogP contribution is 2.69. The average Bonchev–Trinajstić information content (AvgIpc) is 3.62. The fourth-order valence-corrected chi connectivity index (χ4v) is 15.0. The number of rotatable bonds is 7. The first-order valence-corrected chi connectivity index (χ1v) is 27.1. The predicted octanol–water partition coefficient (Wildman–Crippen LogP) is 17.8. The highest BCUT2D eigenvalue weighted by molar-refractivity contribution is 5.90. The molecule has 0 saturated heterocycles. The summed E-state index contributed by atoms with van der Waals surface area (Å²) in [5.41, 5.74) is 20.5. The minimum atomic E-state index is -0.127. The third-order valence-corrected chi connectivity index (χ3v) is 18.1. The van der Waals surface area contributed by atoms with E-state index < -0.39 is 0 Å². The molecular formula is C70H57N5. The van der Waals surface area contributed by atoms with E-state index in [1.165, 1.54) is 93.9 Å². The van der Waals surface area contributed by atoms with E-state index in [-0.39, 0.29) is 10.8 Å². The number of hydrogen-bond donors (Lipinski definition) is 0. The predicted molar refractivity (Wildman–Crippen MR) is 306 cm³/mol. The van der Waals surface area contributed by atoms with Crippen LogP contribution in [-0.4, -0.2) is 15.0 Å². The maximum absolute atomic E-state index is 5.25. The van der Waals surface area contributed by atoms with Gasteiger partial charge in [0, 0.05) is 38.9 Å². The molecule has 5 heteroatoms. The molecule has 3 heterocycles. The number of para-hydroxylation sites is 4. The Balaban J connectivity index is 0.802. The van der Waals surface area contributed by atoms with Gasteiger partial charge in [0.2, 0.25) is 0 Å². The molecular weight excluding hydrogens is 911 g/mol. The van der Waals surface area contributed by atoms with Crippen molar-refractivity contribution in [2.24, 2.45) is 23.7 Å². The summed E-state index contributed by atoms with van der Waals surface area (Å²) in [6.07, 6.45) is 6.79. The maximum Gasteiger partial charge on any atom is 0.164 e. The van der Waals surface area contributed by atoms with Crippen molar-refractivity contribution in [3.05, 3.63) is 247 Å². The SMILES string of the molecule is CC1(C)c2ccccc2N(c2ccc(-c3nc(-c4ccccc4)nc(-c4cccc(-c5cccc(-c6ccc7c(c6)C6(c8ccccc8N7c7ccccc7)C7CC8CC(C7)CC6C8)c5)c4)n3)cc2)c2ccccc21. The second-order valence-corrected chi connectivity index (χ2v) is 22.5. The molecule has 2 aliphatic heterocycles. The number of hydrogen-bond acceptors (Lipinski definition) is 5. The van der Waals surface area contributed by atoms with Gasteiger partial charge in [-0.1, -0.05) is 159 Å². The van der Waals surface area contributed by atoms with Crippen LogP contribution >= 0.6 is 0 Å². The summed E-state index contributed by atoms with van der Waals surface area (Å²) >= 11 is 0. The zero-order valence-corrected chi connectivity index (χ0v) is 42.4. The van der Waals surface area contributed by atoms with Crippen LogP contribution in [0, 0.1) is 23.7 Å². The highest BCUT2D eigenvalue weighted by atomic mass is 15.2. The minimum Gasteiger partial charge on any atom is -0.310 e. The van der Waals surface area contributed by atoms with Crippen molar-refractivity contribution in [3.63, 3.8) is 0 Å². The molecule has 5 nitrogen and oxygen atoms in total. The van der Waals surface area contributed by atoms with Gasteiger partial charge in [-0.25, -0.2) is 15.0 Å². The largest absolute Gasteiger partial charge is 0.310 e. The Kier molecular flexibility index (Phi) is 10.0. The number of benzene rings is 9. The molecule has 75 heavy (non-hydrogen) atoms. The zero-order valence-electron chi connectivity index (χ0n) is 42.4. The van der Waals surface area contributed by atoms with Gasteiger partial charge in [-0.05, 0) is 179 Å². The van der Waals surface area contributed by atoms with Crippen LogP contribution in [0.2, 0.25) is 0 Å². The van der Waals surface area contributed by atoms with Crippen molar-refractivity contribution in [1.29, 1.82) is 0 Å². The van der Waals surface area contributed by atoms with Crippen molar-refractivity contribution < 1.29 is 0 Å². The molecule has 0 N–H and O–H groups in total. The quantitative estimate of drug-likeness (QED) is 0.159. The van der Waals surface area contributed by atoms with Crippen LogP contribution in [0.3, 0.4) is 0 Å². The van der Waals surface area contributed by atoms with Crippen molar-refractivity contribution in [2.45, 2.75) is 56.8 Å². The third kappa shape index (κ3) is 6.93. The molecule has 1 aromatic heterocycles. The normalized spacial score (nSPS) is 21.3. The molecule has 4 bridgehead atoms. The van der Waals surface area contributed by atoms with Crippen molar-refractivity contribution in [3.8, 4) is 56.4 Å². The Hall–Kier alpha value is -8.41. The average molecular weight is 968 g/mol. The first kappa shape index (κ1) is 44.1. The number of nitrogens with zero attached hydrogens (tertiary/aromatic N) is 5. The number of aromatic nitrogens is 3. The smallest absolute Gasteiger partial charge is 0.164 e. The summed E-state index contributed by atoms with van der Waals surface area (Å²) in [5.74, 6) is 4.96. The molecule has 362 valence electrons. The molecule has 0 atom stereocenters. The minimum absolute atomic E-state index is 0.000156. The Morgan fingerprint density at radius 1 is 0.320 bits per heavy atom. The molecule has 4 saturated carbocycles. The summed E-state index contributed by atoms with van der Waals surface area (Å²) in [6.45, 7) is 4.65. The van der Waals surface area contributed by atoms with Crippen LogP contribution in [0.1, 0.15) is 68.2 Å². The van der Waals surface area contributed by atoms with Gasteiger partial charge in [-0.2, -0.15) is 0 Å². The van der Waals surface area contributed by atoms with E-state index >= 15 is 0 Å². The Morgan fingerprint density at radius 2 is 0.707 bits per heavy atom. The van der Waals surface area contributed by atoms with E-state index in [4.69, 9.17) is 15.0 Å². The van der Waals surface area contributed by atoms with E-state index in [2.05, 4.69) is 230 Å². The number of fused-ring (bicyclic) bond motifs is 4. The second kappa shape index (κ2) is 17.1. The molecule has 4 fully saturated rings. The Morgan fingerprint density at radius 3 is 1.28 bits per heavy atom. The van der Waals surface area contributed by atoms with E-state index in [0.29, 0.717) is 29.3 Å². The topological polar surface area (TPSA) is 45.2 Å². The first-order valence-electron chi connectivity index (χ1n) is 27.1. The highest BCUT2D eigenvalue weighted by Gasteiger charge is 2.61. The van der Waals surface area contributed by atoms with Crippen LogP contribution in [0.5, 0.6) is 0 Å². The van der Waals surface area contributed by atoms with Crippen LogP contribution in [-0.2, 0) is 10.8 Å². The molecule has 6 aliphatic rings. The van der Waals surface area contributed by atoms with Gasteiger partial charge < -0.3 is 9.80 Å². The van der Waals surface area contributed by atoms with E-state index in [0.717, 1.165) is 45.3 Å². The molecule has 0 unspecified atom stereocenters. The summed E-state index contributed by atoms with van der Waals surface area (Å²) in [6, 6.07) is 82.3. The lowest BCUT2D eigenvalue weighted by atomic mass is 9.41. The molecule has 4 aliphatic carbocycles. The van der Waals surface area contributed by atoms with E-state index in [9.17, 15) is 0 Å². The van der Waals surface area contributed by atoms with Crippen LogP contribution < -0.4 is 9.80 Å².